The molecule has 2 rings (SSSR count). The molecule has 0 aliphatic carbocycles. The van der Waals surface area contributed by atoms with Gasteiger partial charge in [-0.2, -0.15) is 0 Å². The van der Waals surface area contributed by atoms with E-state index in [0.29, 0.717) is 13.1 Å². The third-order valence-electron chi connectivity index (χ3n) is 3.44. The van der Waals surface area contributed by atoms with Crippen LogP contribution in [0.4, 0.5) is 10.1 Å². The molecule has 18 heavy (non-hydrogen) atoms. The van der Waals surface area contributed by atoms with E-state index >= 15 is 0 Å². The Bertz CT molecular complexity index is 416. The average molecular weight is 253 g/mol. The Kier molecular flexibility index (Phi) is 3.52. The summed E-state index contributed by atoms with van der Waals surface area (Å²) in [5.41, 5.74) is -0.734. The molecule has 1 aromatic rings. The molecule has 98 valence electrons. The molecule has 1 saturated heterocycles. The lowest BCUT2D eigenvalue weighted by Gasteiger charge is -2.39. The maximum Gasteiger partial charge on any atom is 0.341 e. The number of halogens is 1. The number of anilines is 1. The fourth-order valence-electron chi connectivity index (χ4n) is 2.27. The number of hydrogen-bond acceptors (Lipinski definition) is 3. The fraction of sp³-hybridized carbons (Fsp3) is 0.462. The molecule has 0 saturated carbocycles. The van der Waals surface area contributed by atoms with Crippen LogP contribution < -0.4 is 4.90 Å². The van der Waals surface area contributed by atoms with E-state index in [1.54, 1.807) is 0 Å². The molecule has 0 bridgehead atoms. The third kappa shape index (κ3) is 2.46. The summed E-state index contributed by atoms with van der Waals surface area (Å²) in [6.45, 7) is 0.905. The summed E-state index contributed by atoms with van der Waals surface area (Å²) in [6.07, 6.45) is -1.97. The minimum absolute atomic E-state index is 0.120. The van der Waals surface area contributed by atoms with Crippen LogP contribution in [0, 0.1) is 0 Å². The minimum Gasteiger partial charge on any atom is -0.479 e. The molecule has 0 radical (unpaired) electrons. The Morgan fingerprint density at radius 1 is 1.28 bits per heavy atom. The Balaban J connectivity index is 2.02. The standard InChI is InChI=1S/C13H16FNO3/c14-11(12(16)17)13(18)6-8-15(9-7-13)10-4-2-1-3-5-10/h1-5,11,18H,6-9H2,(H,16,17). The van der Waals surface area contributed by atoms with E-state index in [4.69, 9.17) is 5.11 Å². The van der Waals surface area contributed by atoms with Crippen molar-refractivity contribution in [2.24, 2.45) is 0 Å². The van der Waals surface area contributed by atoms with E-state index < -0.39 is 17.7 Å². The van der Waals surface area contributed by atoms with Crippen molar-refractivity contribution in [3.05, 3.63) is 30.3 Å². The van der Waals surface area contributed by atoms with Gasteiger partial charge in [-0.3, -0.25) is 0 Å². The monoisotopic (exact) mass is 253 g/mol. The molecule has 1 aliphatic rings. The minimum atomic E-state index is -2.21. The Morgan fingerprint density at radius 3 is 2.33 bits per heavy atom. The number of carbonyl (C=O) groups is 1. The Morgan fingerprint density at radius 2 is 1.83 bits per heavy atom. The predicted octanol–water partition coefficient (Wildman–Crippen LogP) is 1.44. The van der Waals surface area contributed by atoms with E-state index in [2.05, 4.69) is 0 Å². The molecule has 0 spiro atoms. The second kappa shape index (κ2) is 4.94. The van der Waals surface area contributed by atoms with Gasteiger partial charge in [-0.05, 0) is 25.0 Å². The summed E-state index contributed by atoms with van der Waals surface area (Å²) in [5.74, 6) is -1.59. The van der Waals surface area contributed by atoms with Gasteiger partial charge in [0.05, 0.1) is 0 Å². The number of rotatable bonds is 3. The summed E-state index contributed by atoms with van der Waals surface area (Å²) >= 11 is 0. The van der Waals surface area contributed by atoms with Crippen molar-refractivity contribution in [2.75, 3.05) is 18.0 Å². The van der Waals surface area contributed by atoms with E-state index in [-0.39, 0.29) is 12.8 Å². The zero-order chi connectivity index (χ0) is 13.2. The Labute approximate surface area is 105 Å². The summed E-state index contributed by atoms with van der Waals surface area (Å²) in [5, 5.41) is 18.6. The summed E-state index contributed by atoms with van der Waals surface area (Å²) in [6, 6.07) is 9.60. The highest BCUT2D eigenvalue weighted by molar-refractivity contribution is 5.74. The van der Waals surface area contributed by atoms with Crippen LogP contribution in [-0.4, -0.2) is 41.0 Å². The number of nitrogens with zero attached hydrogens (tertiary/aromatic N) is 1. The van der Waals surface area contributed by atoms with Crippen molar-refractivity contribution in [3.8, 4) is 0 Å². The first-order valence-electron chi connectivity index (χ1n) is 5.92. The average Bonchev–Trinajstić information content (AvgIpc) is 2.39. The van der Waals surface area contributed by atoms with Gasteiger partial charge in [-0.15, -0.1) is 0 Å². The molecule has 5 heteroatoms. The molecule has 1 aromatic carbocycles. The fourth-order valence-corrected chi connectivity index (χ4v) is 2.27. The number of aliphatic hydroxyl groups is 1. The molecule has 0 amide bonds. The van der Waals surface area contributed by atoms with Gasteiger partial charge < -0.3 is 15.1 Å². The number of carboxylic acid groups (broad SMARTS) is 1. The smallest absolute Gasteiger partial charge is 0.341 e. The molecular weight excluding hydrogens is 237 g/mol. The number of alkyl halides is 1. The lowest BCUT2D eigenvalue weighted by molar-refractivity contribution is -0.156. The lowest BCUT2D eigenvalue weighted by atomic mass is 9.86. The van der Waals surface area contributed by atoms with Gasteiger partial charge in [-0.25, -0.2) is 9.18 Å². The van der Waals surface area contributed by atoms with Gasteiger partial charge in [0.1, 0.15) is 5.60 Å². The van der Waals surface area contributed by atoms with Crippen LogP contribution in [0.5, 0.6) is 0 Å². The topological polar surface area (TPSA) is 60.8 Å². The summed E-state index contributed by atoms with van der Waals surface area (Å²) in [4.78, 5) is 12.6. The number of carboxylic acids is 1. The lowest BCUT2D eigenvalue weighted by Crippen LogP contribution is -2.52. The van der Waals surface area contributed by atoms with Crippen molar-refractivity contribution in [1.29, 1.82) is 0 Å². The van der Waals surface area contributed by atoms with E-state index in [9.17, 15) is 14.3 Å². The highest BCUT2D eigenvalue weighted by Gasteiger charge is 2.44. The van der Waals surface area contributed by atoms with Crippen LogP contribution in [-0.2, 0) is 4.79 Å². The van der Waals surface area contributed by atoms with Crippen LogP contribution >= 0.6 is 0 Å². The molecule has 1 heterocycles. The number of para-hydroxylation sites is 1. The first-order chi connectivity index (χ1) is 8.53. The highest BCUT2D eigenvalue weighted by atomic mass is 19.1. The molecule has 1 atom stereocenters. The zero-order valence-corrected chi connectivity index (χ0v) is 9.92. The van der Waals surface area contributed by atoms with Gasteiger partial charge in [-0.1, -0.05) is 18.2 Å². The largest absolute Gasteiger partial charge is 0.479 e. The predicted molar refractivity (Wildman–Crippen MR) is 65.4 cm³/mol. The molecule has 0 aromatic heterocycles. The molecule has 1 fully saturated rings. The van der Waals surface area contributed by atoms with Gasteiger partial charge in [0.25, 0.3) is 0 Å². The van der Waals surface area contributed by atoms with Gasteiger partial charge in [0, 0.05) is 18.8 Å². The number of hydrogen-bond donors (Lipinski definition) is 2. The van der Waals surface area contributed by atoms with Crippen molar-refractivity contribution < 1.29 is 19.4 Å². The highest BCUT2D eigenvalue weighted by Crippen LogP contribution is 2.30. The van der Waals surface area contributed by atoms with Crippen LogP contribution in [0.2, 0.25) is 0 Å². The van der Waals surface area contributed by atoms with Crippen LogP contribution in [0.3, 0.4) is 0 Å². The van der Waals surface area contributed by atoms with Crippen molar-refractivity contribution >= 4 is 11.7 Å². The van der Waals surface area contributed by atoms with E-state index in [1.807, 2.05) is 35.2 Å². The summed E-state index contributed by atoms with van der Waals surface area (Å²) in [7, 11) is 0. The first kappa shape index (κ1) is 12.8. The SMILES string of the molecule is O=C(O)C(F)C1(O)CCN(c2ccccc2)CC1. The van der Waals surface area contributed by atoms with E-state index in [1.165, 1.54) is 0 Å². The van der Waals surface area contributed by atoms with Crippen LogP contribution in [0.25, 0.3) is 0 Å². The van der Waals surface area contributed by atoms with Crippen molar-refractivity contribution in [2.45, 2.75) is 24.6 Å². The van der Waals surface area contributed by atoms with Crippen LogP contribution in [0.1, 0.15) is 12.8 Å². The van der Waals surface area contributed by atoms with Gasteiger partial charge in [0.15, 0.2) is 0 Å². The van der Waals surface area contributed by atoms with Crippen molar-refractivity contribution in [3.63, 3.8) is 0 Å². The van der Waals surface area contributed by atoms with Crippen molar-refractivity contribution in [1.82, 2.24) is 0 Å². The molecule has 1 unspecified atom stereocenters. The number of piperidine rings is 1. The molecular formula is C13H16FNO3. The first-order valence-corrected chi connectivity index (χ1v) is 5.92. The summed E-state index contributed by atoms with van der Waals surface area (Å²) < 4.78 is 13.5. The normalized spacial score (nSPS) is 20.4. The van der Waals surface area contributed by atoms with Gasteiger partial charge >= 0.3 is 5.97 Å². The maximum absolute atomic E-state index is 13.5. The molecule has 1 aliphatic heterocycles. The Hall–Kier alpha value is -1.62. The van der Waals surface area contributed by atoms with Crippen LogP contribution in [0.15, 0.2) is 30.3 Å². The third-order valence-corrected chi connectivity index (χ3v) is 3.44. The van der Waals surface area contributed by atoms with Gasteiger partial charge in [0.2, 0.25) is 6.17 Å². The number of benzene rings is 1. The molecule has 2 N–H and O–H groups in total. The second-order valence-electron chi connectivity index (χ2n) is 4.63. The quantitative estimate of drug-likeness (QED) is 0.855. The maximum atomic E-state index is 13.5. The zero-order valence-electron chi connectivity index (χ0n) is 9.92. The number of aliphatic carboxylic acids is 1. The molecule has 4 nitrogen and oxygen atoms in total. The second-order valence-corrected chi connectivity index (χ2v) is 4.63. The van der Waals surface area contributed by atoms with E-state index in [0.717, 1.165) is 5.69 Å².